The molecule has 0 aliphatic rings. The molecule has 0 spiro atoms. The zero-order chi connectivity index (χ0) is 13.8. The first-order valence-corrected chi connectivity index (χ1v) is 5.85. The van der Waals surface area contributed by atoms with Gasteiger partial charge in [0.2, 0.25) is 0 Å². The summed E-state index contributed by atoms with van der Waals surface area (Å²) in [4.78, 5) is 23.2. The zero-order valence-corrected chi connectivity index (χ0v) is 10.8. The summed E-state index contributed by atoms with van der Waals surface area (Å²) in [5.41, 5.74) is 1.56. The summed E-state index contributed by atoms with van der Waals surface area (Å²) in [6.07, 6.45) is 3.26. The number of hydrogen-bond acceptors (Lipinski definition) is 5. The highest BCUT2D eigenvalue weighted by Gasteiger charge is 2.12. The van der Waals surface area contributed by atoms with E-state index in [-0.39, 0.29) is 16.5 Å². The van der Waals surface area contributed by atoms with E-state index in [0.717, 1.165) is 5.69 Å². The zero-order valence-electron chi connectivity index (χ0n) is 10.1. The number of hydrogen-bond donors (Lipinski definition) is 2. The lowest BCUT2D eigenvalue weighted by Crippen LogP contribution is -2.09. The number of carbonyl (C=O) groups is 1. The van der Waals surface area contributed by atoms with Gasteiger partial charge in [-0.25, -0.2) is 9.78 Å². The van der Waals surface area contributed by atoms with Crippen LogP contribution in [0.2, 0.25) is 5.15 Å². The molecule has 0 radical (unpaired) electrons. The van der Waals surface area contributed by atoms with Gasteiger partial charge in [-0.15, -0.1) is 0 Å². The quantitative estimate of drug-likeness (QED) is 0.833. The van der Waals surface area contributed by atoms with Gasteiger partial charge in [0.25, 0.3) is 0 Å². The first kappa shape index (κ1) is 13.2. The topological polar surface area (TPSA) is 88.0 Å². The number of carboxylic acids is 1. The Labute approximate surface area is 114 Å². The summed E-state index contributed by atoms with van der Waals surface area (Å²) in [7, 11) is 0. The van der Waals surface area contributed by atoms with E-state index in [1.165, 1.54) is 12.1 Å². The van der Waals surface area contributed by atoms with Crippen LogP contribution in [0.25, 0.3) is 0 Å². The lowest BCUT2D eigenvalue weighted by molar-refractivity contribution is 0.0697. The van der Waals surface area contributed by atoms with Crippen molar-refractivity contribution in [3.05, 3.63) is 46.6 Å². The van der Waals surface area contributed by atoms with Crippen molar-refractivity contribution >= 4 is 23.4 Å². The first-order valence-electron chi connectivity index (χ1n) is 5.47. The Morgan fingerprint density at radius 1 is 1.37 bits per heavy atom. The van der Waals surface area contributed by atoms with Crippen molar-refractivity contribution in [3.63, 3.8) is 0 Å². The smallest absolute Gasteiger partial charge is 0.339 e. The van der Waals surface area contributed by atoms with Gasteiger partial charge in [0, 0.05) is 6.20 Å². The van der Waals surface area contributed by atoms with Crippen LogP contribution in [-0.2, 0) is 6.54 Å². The number of carboxylic acid groups (broad SMARTS) is 1. The van der Waals surface area contributed by atoms with E-state index in [0.29, 0.717) is 12.2 Å². The normalized spacial score (nSPS) is 10.2. The van der Waals surface area contributed by atoms with Gasteiger partial charge < -0.3 is 10.4 Å². The highest BCUT2D eigenvalue weighted by atomic mass is 35.5. The molecule has 0 saturated heterocycles. The molecule has 0 unspecified atom stereocenters. The maximum absolute atomic E-state index is 11.0. The molecule has 0 fully saturated rings. The summed E-state index contributed by atoms with van der Waals surface area (Å²) >= 11 is 5.75. The Morgan fingerprint density at radius 2 is 2.16 bits per heavy atom. The van der Waals surface area contributed by atoms with Crippen LogP contribution in [-0.4, -0.2) is 26.0 Å². The standard InChI is InChI=1S/C12H11ClN4O2/c1-7-4-15-8(5-14-7)6-16-11-9(12(18)19)2-3-10(13)17-11/h2-5H,6H2,1H3,(H,16,17)(H,18,19). The van der Waals surface area contributed by atoms with Gasteiger partial charge >= 0.3 is 5.97 Å². The molecule has 0 bridgehead atoms. The van der Waals surface area contributed by atoms with Crippen LogP contribution in [0.1, 0.15) is 21.7 Å². The molecular weight excluding hydrogens is 268 g/mol. The molecule has 2 heterocycles. The predicted molar refractivity (Wildman–Crippen MR) is 70.3 cm³/mol. The predicted octanol–water partition coefficient (Wildman–Crippen LogP) is 2.14. The molecule has 0 aliphatic heterocycles. The fourth-order valence-electron chi connectivity index (χ4n) is 1.43. The van der Waals surface area contributed by atoms with Crippen LogP contribution in [0, 0.1) is 6.92 Å². The lowest BCUT2D eigenvalue weighted by Gasteiger charge is -2.08. The molecule has 2 aromatic heterocycles. The van der Waals surface area contributed by atoms with Crippen LogP contribution in [0.5, 0.6) is 0 Å². The second-order valence-electron chi connectivity index (χ2n) is 3.84. The number of aromatic nitrogens is 3. The van der Waals surface area contributed by atoms with Gasteiger partial charge in [-0.1, -0.05) is 11.6 Å². The fraction of sp³-hybridized carbons (Fsp3) is 0.167. The number of halogens is 1. The molecule has 7 heteroatoms. The molecular formula is C12H11ClN4O2. The number of nitrogens with zero attached hydrogens (tertiary/aromatic N) is 3. The van der Waals surface area contributed by atoms with Gasteiger partial charge in [0.05, 0.1) is 24.1 Å². The highest BCUT2D eigenvalue weighted by molar-refractivity contribution is 6.29. The number of nitrogens with one attached hydrogen (secondary N) is 1. The Balaban J connectivity index is 2.16. The minimum absolute atomic E-state index is 0.0597. The maximum atomic E-state index is 11.0. The summed E-state index contributed by atoms with van der Waals surface area (Å²) < 4.78 is 0. The van der Waals surface area contributed by atoms with E-state index >= 15 is 0 Å². The van der Waals surface area contributed by atoms with E-state index in [1.54, 1.807) is 12.4 Å². The van der Waals surface area contributed by atoms with Crippen molar-refractivity contribution in [2.75, 3.05) is 5.32 Å². The number of pyridine rings is 1. The summed E-state index contributed by atoms with van der Waals surface area (Å²) in [6, 6.07) is 2.84. The second-order valence-corrected chi connectivity index (χ2v) is 4.23. The average Bonchev–Trinajstić information content (AvgIpc) is 2.38. The molecule has 0 saturated carbocycles. The SMILES string of the molecule is Cc1cnc(CNc2nc(Cl)ccc2C(=O)O)cn1. The number of aryl methyl sites for hydroxylation is 1. The third-order valence-electron chi connectivity index (χ3n) is 2.36. The fourth-order valence-corrected chi connectivity index (χ4v) is 1.58. The molecule has 0 aliphatic carbocycles. The minimum atomic E-state index is -1.07. The van der Waals surface area contributed by atoms with Crippen molar-refractivity contribution in [2.24, 2.45) is 0 Å². The summed E-state index contributed by atoms with van der Waals surface area (Å²) in [5.74, 6) is -0.857. The highest BCUT2D eigenvalue weighted by Crippen LogP contribution is 2.17. The van der Waals surface area contributed by atoms with Gasteiger partial charge in [0.15, 0.2) is 0 Å². The number of aromatic carboxylic acids is 1. The van der Waals surface area contributed by atoms with Gasteiger partial charge in [-0.3, -0.25) is 9.97 Å². The summed E-state index contributed by atoms with van der Waals surface area (Å²) in [5, 5.41) is 12.2. The van der Waals surface area contributed by atoms with Crippen molar-refractivity contribution in [3.8, 4) is 0 Å². The molecule has 0 aromatic carbocycles. The second kappa shape index (κ2) is 5.62. The van der Waals surface area contributed by atoms with E-state index in [1.807, 2.05) is 6.92 Å². The number of rotatable bonds is 4. The van der Waals surface area contributed by atoms with Crippen LogP contribution in [0.3, 0.4) is 0 Å². The largest absolute Gasteiger partial charge is 0.478 e. The van der Waals surface area contributed by atoms with Gasteiger partial charge in [-0.05, 0) is 19.1 Å². The maximum Gasteiger partial charge on any atom is 0.339 e. The van der Waals surface area contributed by atoms with Gasteiger partial charge in [0.1, 0.15) is 16.5 Å². The van der Waals surface area contributed by atoms with Crippen LogP contribution in [0.4, 0.5) is 5.82 Å². The monoisotopic (exact) mass is 278 g/mol. The summed E-state index contributed by atoms with van der Waals surface area (Å²) in [6.45, 7) is 2.16. The van der Waals surface area contributed by atoms with Crippen LogP contribution >= 0.6 is 11.6 Å². The van der Waals surface area contributed by atoms with E-state index < -0.39 is 5.97 Å². The van der Waals surface area contributed by atoms with E-state index in [9.17, 15) is 4.79 Å². The Morgan fingerprint density at radius 3 is 2.79 bits per heavy atom. The van der Waals surface area contributed by atoms with E-state index in [2.05, 4.69) is 20.3 Å². The Bertz CT molecular complexity index is 601. The van der Waals surface area contributed by atoms with Gasteiger partial charge in [-0.2, -0.15) is 0 Å². The molecule has 2 rings (SSSR count). The molecule has 19 heavy (non-hydrogen) atoms. The third-order valence-corrected chi connectivity index (χ3v) is 2.57. The van der Waals surface area contributed by atoms with Crippen molar-refractivity contribution in [2.45, 2.75) is 13.5 Å². The Kier molecular flexibility index (Phi) is 3.91. The molecule has 2 aromatic rings. The number of anilines is 1. The van der Waals surface area contributed by atoms with Crippen molar-refractivity contribution in [1.82, 2.24) is 15.0 Å². The molecule has 0 atom stereocenters. The van der Waals surface area contributed by atoms with Crippen LogP contribution < -0.4 is 5.32 Å². The third kappa shape index (κ3) is 3.38. The van der Waals surface area contributed by atoms with Crippen molar-refractivity contribution in [1.29, 1.82) is 0 Å². The molecule has 2 N–H and O–H groups in total. The average molecular weight is 279 g/mol. The Hall–Kier alpha value is -2.21. The molecule has 98 valence electrons. The van der Waals surface area contributed by atoms with Crippen molar-refractivity contribution < 1.29 is 9.90 Å². The molecule has 0 amide bonds. The first-order chi connectivity index (χ1) is 9.06. The minimum Gasteiger partial charge on any atom is -0.478 e. The lowest BCUT2D eigenvalue weighted by atomic mass is 10.2. The molecule has 6 nitrogen and oxygen atoms in total. The van der Waals surface area contributed by atoms with E-state index in [4.69, 9.17) is 16.7 Å². The van der Waals surface area contributed by atoms with Crippen LogP contribution in [0.15, 0.2) is 24.5 Å².